The molecule has 136 valence electrons. The van der Waals surface area contributed by atoms with Crippen molar-refractivity contribution in [2.45, 2.75) is 0 Å². The number of amides is 1. The fourth-order valence-corrected chi connectivity index (χ4v) is 2.79. The second-order valence-corrected chi connectivity index (χ2v) is 5.99. The molecule has 0 aromatic heterocycles. The molecule has 0 radical (unpaired) electrons. The Hall–Kier alpha value is -2.93. The maximum Gasteiger partial charge on any atom is 0.331 e. The summed E-state index contributed by atoms with van der Waals surface area (Å²) in [6, 6.07) is 9.95. The van der Waals surface area contributed by atoms with E-state index in [1.54, 1.807) is 48.4 Å². The van der Waals surface area contributed by atoms with Gasteiger partial charge in [-0.05, 0) is 30.3 Å². The van der Waals surface area contributed by atoms with E-state index < -0.39 is 5.97 Å². The van der Waals surface area contributed by atoms with Gasteiger partial charge in [-0.2, -0.15) is 0 Å². The highest BCUT2D eigenvalue weighted by Crippen LogP contribution is 2.34. The van der Waals surface area contributed by atoms with Crippen molar-refractivity contribution in [1.82, 2.24) is 0 Å². The molecular weight excluding hydrogens is 360 g/mol. The first-order chi connectivity index (χ1) is 12.5. The van der Waals surface area contributed by atoms with Gasteiger partial charge in [-0.3, -0.25) is 4.79 Å². The number of anilines is 2. The van der Waals surface area contributed by atoms with Crippen LogP contribution in [0.2, 0.25) is 5.02 Å². The highest BCUT2D eigenvalue weighted by molar-refractivity contribution is 6.31. The summed E-state index contributed by atoms with van der Waals surface area (Å²) in [4.78, 5) is 25.9. The van der Waals surface area contributed by atoms with Crippen molar-refractivity contribution < 1.29 is 23.8 Å². The lowest BCUT2D eigenvalue weighted by Gasteiger charge is -2.29. The minimum atomic E-state index is -0.436. The average molecular weight is 377 g/mol. The molecule has 7 nitrogen and oxygen atoms in total. The van der Waals surface area contributed by atoms with Gasteiger partial charge in [0.1, 0.15) is 18.0 Å². The average Bonchev–Trinajstić information content (AvgIpc) is 2.62. The second kappa shape index (κ2) is 7.53. The summed E-state index contributed by atoms with van der Waals surface area (Å²) in [5.74, 6) is 0.714. The largest absolute Gasteiger partial charge is 0.497 e. The van der Waals surface area contributed by atoms with Crippen LogP contribution in [0.5, 0.6) is 17.2 Å². The Kier molecular flexibility index (Phi) is 5.18. The summed E-state index contributed by atoms with van der Waals surface area (Å²) in [5.41, 5.74) is 1.10. The zero-order valence-electron chi connectivity index (χ0n) is 14.2. The number of benzene rings is 2. The van der Waals surface area contributed by atoms with E-state index in [0.29, 0.717) is 33.6 Å². The lowest BCUT2D eigenvalue weighted by Crippen LogP contribution is -2.41. The van der Waals surface area contributed by atoms with Gasteiger partial charge in [-0.1, -0.05) is 11.6 Å². The van der Waals surface area contributed by atoms with E-state index in [2.05, 4.69) is 5.32 Å². The number of carbonyl (C=O) groups is 2. The van der Waals surface area contributed by atoms with Gasteiger partial charge in [0.25, 0.3) is 0 Å². The van der Waals surface area contributed by atoms with Crippen LogP contribution in [-0.4, -0.2) is 39.2 Å². The Bertz CT molecular complexity index is 855. The van der Waals surface area contributed by atoms with Gasteiger partial charge in [-0.25, -0.2) is 4.79 Å². The minimum absolute atomic E-state index is 0.0412. The van der Waals surface area contributed by atoms with Gasteiger partial charge in [0.15, 0.2) is 5.75 Å². The molecule has 2 aromatic carbocycles. The smallest absolute Gasteiger partial charge is 0.331 e. The summed E-state index contributed by atoms with van der Waals surface area (Å²) < 4.78 is 15.6. The van der Waals surface area contributed by atoms with Crippen LogP contribution >= 0.6 is 11.6 Å². The number of nitrogens with one attached hydrogen (secondary N) is 1. The first-order valence-electron chi connectivity index (χ1n) is 7.77. The fourth-order valence-electron chi connectivity index (χ4n) is 2.63. The van der Waals surface area contributed by atoms with Gasteiger partial charge < -0.3 is 24.4 Å². The molecule has 0 bridgehead atoms. The summed E-state index contributed by atoms with van der Waals surface area (Å²) in [6.45, 7) is -0.0852. The van der Waals surface area contributed by atoms with Gasteiger partial charge in [0.2, 0.25) is 5.91 Å². The van der Waals surface area contributed by atoms with Crippen LogP contribution in [0.4, 0.5) is 11.4 Å². The first-order valence-corrected chi connectivity index (χ1v) is 8.15. The van der Waals surface area contributed by atoms with E-state index in [4.69, 9.17) is 25.8 Å². The summed E-state index contributed by atoms with van der Waals surface area (Å²) in [7, 11) is 3.05. The highest BCUT2D eigenvalue weighted by atomic mass is 35.5. The standard InChI is InChI=1S/C18H17ClN2O5/c1-24-12-4-5-13(16(8-12)25-2)20-17(22)9-21-10-18(23)26-15-6-3-11(19)7-14(15)21/h3-8H,9-10H2,1-2H3,(H,20,22). The normalized spacial score (nSPS) is 12.9. The van der Waals surface area contributed by atoms with Gasteiger partial charge in [-0.15, -0.1) is 0 Å². The summed E-state index contributed by atoms with van der Waals surface area (Å²) in [6.07, 6.45) is 0. The number of carbonyl (C=O) groups excluding carboxylic acids is 2. The summed E-state index contributed by atoms with van der Waals surface area (Å²) in [5, 5.41) is 3.26. The van der Waals surface area contributed by atoms with Crippen molar-refractivity contribution in [3.63, 3.8) is 0 Å². The second-order valence-electron chi connectivity index (χ2n) is 5.56. The molecule has 0 fully saturated rings. The van der Waals surface area contributed by atoms with Gasteiger partial charge in [0.05, 0.1) is 32.1 Å². The Morgan fingerprint density at radius 3 is 2.77 bits per heavy atom. The Labute approximate surface area is 155 Å². The van der Waals surface area contributed by atoms with E-state index in [1.165, 1.54) is 7.11 Å². The van der Waals surface area contributed by atoms with E-state index in [9.17, 15) is 9.59 Å². The number of nitrogens with zero attached hydrogens (tertiary/aromatic N) is 1. The first kappa shape index (κ1) is 17.9. The molecule has 0 aliphatic carbocycles. The van der Waals surface area contributed by atoms with Crippen LogP contribution in [-0.2, 0) is 9.59 Å². The van der Waals surface area contributed by atoms with E-state index in [-0.39, 0.29) is 19.0 Å². The SMILES string of the molecule is COc1ccc(NC(=O)CN2CC(=O)Oc3ccc(Cl)cc32)c(OC)c1. The molecule has 1 aliphatic heterocycles. The van der Waals surface area contributed by atoms with Crippen molar-refractivity contribution in [1.29, 1.82) is 0 Å². The maximum absolute atomic E-state index is 12.5. The predicted molar refractivity (Wildman–Crippen MR) is 97.5 cm³/mol. The Morgan fingerprint density at radius 1 is 1.23 bits per heavy atom. The summed E-state index contributed by atoms with van der Waals surface area (Å²) >= 11 is 6.02. The molecule has 0 unspecified atom stereocenters. The topological polar surface area (TPSA) is 77.1 Å². The monoisotopic (exact) mass is 376 g/mol. The number of hydrogen-bond acceptors (Lipinski definition) is 6. The van der Waals surface area contributed by atoms with E-state index in [0.717, 1.165) is 0 Å². The fraction of sp³-hybridized carbons (Fsp3) is 0.222. The lowest BCUT2D eigenvalue weighted by molar-refractivity contribution is -0.133. The minimum Gasteiger partial charge on any atom is -0.497 e. The third-order valence-electron chi connectivity index (χ3n) is 3.82. The quantitative estimate of drug-likeness (QED) is 0.638. The van der Waals surface area contributed by atoms with Crippen molar-refractivity contribution in [2.75, 3.05) is 37.5 Å². The zero-order valence-corrected chi connectivity index (χ0v) is 15.0. The van der Waals surface area contributed by atoms with Crippen molar-refractivity contribution in [3.05, 3.63) is 41.4 Å². The number of ether oxygens (including phenoxy) is 3. The van der Waals surface area contributed by atoms with Crippen LogP contribution in [0.3, 0.4) is 0 Å². The van der Waals surface area contributed by atoms with Crippen molar-refractivity contribution in [2.24, 2.45) is 0 Å². The van der Waals surface area contributed by atoms with Gasteiger partial charge in [0, 0.05) is 11.1 Å². The lowest BCUT2D eigenvalue weighted by atomic mass is 10.2. The number of methoxy groups -OCH3 is 2. The van der Waals surface area contributed by atoms with Crippen molar-refractivity contribution in [3.8, 4) is 17.2 Å². The highest BCUT2D eigenvalue weighted by Gasteiger charge is 2.26. The van der Waals surface area contributed by atoms with Crippen LogP contribution in [0.25, 0.3) is 0 Å². The van der Waals surface area contributed by atoms with Crippen LogP contribution in [0.1, 0.15) is 0 Å². The number of fused-ring (bicyclic) bond motifs is 1. The number of rotatable bonds is 5. The van der Waals surface area contributed by atoms with E-state index >= 15 is 0 Å². The molecule has 1 amide bonds. The molecule has 0 saturated heterocycles. The third-order valence-corrected chi connectivity index (χ3v) is 4.06. The molecule has 8 heteroatoms. The zero-order chi connectivity index (χ0) is 18.7. The Balaban J connectivity index is 1.77. The maximum atomic E-state index is 12.5. The molecule has 1 N–H and O–H groups in total. The molecule has 2 aromatic rings. The van der Waals surface area contributed by atoms with Gasteiger partial charge >= 0.3 is 5.97 Å². The van der Waals surface area contributed by atoms with Crippen LogP contribution < -0.4 is 24.4 Å². The molecule has 26 heavy (non-hydrogen) atoms. The molecule has 1 aliphatic rings. The number of hydrogen-bond donors (Lipinski definition) is 1. The van der Waals surface area contributed by atoms with Crippen molar-refractivity contribution >= 4 is 34.9 Å². The molecule has 0 spiro atoms. The predicted octanol–water partition coefficient (Wildman–Crippen LogP) is 2.72. The number of halogens is 1. The Morgan fingerprint density at radius 2 is 2.04 bits per heavy atom. The van der Waals surface area contributed by atoms with Crippen LogP contribution in [0, 0.1) is 0 Å². The molecule has 1 heterocycles. The molecular formula is C18H17ClN2O5. The molecule has 0 atom stereocenters. The molecule has 0 saturated carbocycles. The third kappa shape index (κ3) is 3.83. The van der Waals surface area contributed by atoms with E-state index in [1.807, 2.05) is 0 Å². The number of esters is 1. The molecule has 3 rings (SSSR count). The van der Waals surface area contributed by atoms with Crippen LogP contribution in [0.15, 0.2) is 36.4 Å².